The van der Waals surface area contributed by atoms with Gasteiger partial charge in [-0.25, -0.2) is 6.57 Å². The fraction of sp³-hybridized carbons (Fsp3) is 0.870. The van der Waals surface area contributed by atoms with Crippen LogP contribution in [0.1, 0.15) is 57.8 Å². The summed E-state index contributed by atoms with van der Waals surface area (Å²) in [5.74, 6) is 1.48. The second-order valence-electron chi connectivity index (χ2n) is 8.95. The second-order valence-corrected chi connectivity index (χ2v) is 8.95. The molecule has 0 saturated carbocycles. The third-order valence-corrected chi connectivity index (χ3v) is 6.75. The van der Waals surface area contributed by atoms with Crippen molar-refractivity contribution in [2.75, 3.05) is 58.9 Å². The van der Waals surface area contributed by atoms with E-state index in [0.717, 1.165) is 57.2 Å². The summed E-state index contributed by atoms with van der Waals surface area (Å²) in [4.78, 5) is 15.7. The molecule has 6 heteroatoms. The molecule has 0 aromatic rings. The van der Waals surface area contributed by atoms with E-state index >= 15 is 0 Å². The molecule has 0 radical (unpaired) electrons. The van der Waals surface area contributed by atoms with Crippen molar-refractivity contribution < 1.29 is 0 Å². The number of nitriles is 1. The molecule has 3 aliphatic rings. The first-order valence-corrected chi connectivity index (χ1v) is 11.8. The molecule has 0 aromatic heterocycles. The standard InChI is InChI=1S/C23H38N6/c1-25-22(19-24)23(26-11-8-16-27-12-4-2-5-13-27)29-17-9-21(10-18-29)20-28-14-6-3-7-15-28/h21-22H,2-18,20H2. The largest absolute Gasteiger partial charge is 0.363 e. The van der Waals surface area contributed by atoms with Gasteiger partial charge in [0.15, 0.2) is 11.9 Å². The van der Waals surface area contributed by atoms with Crippen LogP contribution in [0.4, 0.5) is 0 Å². The topological polar surface area (TPSA) is 50.2 Å². The molecular weight excluding hydrogens is 360 g/mol. The Labute approximate surface area is 177 Å². The molecular formula is C23H38N6. The van der Waals surface area contributed by atoms with Gasteiger partial charge in [0.2, 0.25) is 0 Å². The third-order valence-electron chi connectivity index (χ3n) is 6.75. The highest BCUT2D eigenvalue weighted by atomic mass is 15.2. The van der Waals surface area contributed by atoms with Crippen LogP contribution in [0.3, 0.4) is 0 Å². The molecule has 0 bridgehead atoms. The zero-order valence-electron chi connectivity index (χ0n) is 18.1. The summed E-state index contributed by atoms with van der Waals surface area (Å²) < 4.78 is 0. The Balaban J connectivity index is 1.47. The van der Waals surface area contributed by atoms with Gasteiger partial charge in [-0.3, -0.25) is 9.84 Å². The maximum atomic E-state index is 9.47. The predicted molar refractivity (Wildman–Crippen MR) is 118 cm³/mol. The number of aliphatic imine (C=N–C) groups is 1. The van der Waals surface area contributed by atoms with Gasteiger partial charge in [-0.1, -0.05) is 12.8 Å². The number of hydrogen-bond donors (Lipinski definition) is 0. The first-order chi connectivity index (χ1) is 14.3. The first-order valence-electron chi connectivity index (χ1n) is 11.8. The summed E-state index contributed by atoms with van der Waals surface area (Å²) in [5, 5.41) is 9.47. The Kier molecular flexibility index (Phi) is 9.25. The van der Waals surface area contributed by atoms with Crippen LogP contribution >= 0.6 is 0 Å². The van der Waals surface area contributed by atoms with E-state index in [2.05, 4.69) is 25.6 Å². The Morgan fingerprint density at radius 2 is 1.59 bits per heavy atom. The molecule has 3 saturated heterocycles. The Morgan fingerprint density at radius 1 is 0.966 bits per heavy atom. The van der Waals surface area contributed by atoms with Gasteiger partial charge in [0.25, 0.3) is 0 Å². The van der Waals surface area contributed by atoms with Crippen molar-refractivity contribution in [1.82, 2.24) is 14.7 Å². The van der Waals surface area contributed by atoms with E-state index in [4.69, 9.17) is 11.6 Å². The zero-order valence-corrected chi connectivity index (χ0v) is 18.1. The van der Waals surface area contributed by atoms with Gasteiger partial charge in [0.05, 0.1) is 0 Å². The van der Waals surface area contributed by atoms with Crippen molar-refractivity contribution in [1.29, 1.82) is 5.26 Å². The highest BCUT2D eigenvalue weighted by Gasteiger charge is 2.30. The lowest BCUT2D eigenvalue weighted by molar-refractivity contribution is 0.158. The third kappa shape index (κ3) is 6.98. The van der Waals surface area contributed by atoms with Crippen LogP contribution in [0.5, 0.6) is 0 Å². The van der Waals surface area contributed by atoms with E-state index in [1.54, 1.807) is 0 Å². The fourth-order valence-electron chi connectivity index (χ4n) is 5.03. The van der Waals surface area contributed by atoms with E-state index in [1.165, 1.54) is 71.2 Å². The average molecular weight is 399 g/mol. The minimum Gasteiger partial charge on any atom is -0.353 e. The molecule has 0 spiro atoms. The smallest absolute Gasteiger partial charge is 0.353 e. The molecule has 0 N–H and O–H groups in total. The number of likely N-dealkylation sites (tertiary alicyclic amines) is 3. The van der Waals surface area contributed by atoms with Crippen LogP contribution in [-0.4, -0.2) is 85.5 Å². The number of nitrogens with zero attached hydrogens (tertiary/aromatic N) is 6. The lowest BCUT2D eigenvalue weighted by atomic mass is 9.95. The number of hydrogen-bond acceptors (Lipinski definition) is 4. The second kappa shape index (κ2) is 12.2. The van der Waals surface area contributed by atoms with E-state index in [0.29, 0.717) is 0 Å². The maximum Gasteiger partial charge on any atom is 0.363 e. The molecule has 1 atom stereocenters. The van der Waals surface area contributed by atoms with Crippen molar-refractivity contribution in [2.24, 2.45) is 10.9 Å². The molecule has 6 nitrogen and oxygen atoms in total. The van der Waals surface area contributed by atoms with E-state index in [9.17, 15) is 5.26 Å². The molecule has 3 heterocycles. The molecule has 3 fully saturated rings. The van der Waals surface area contributed by atoms with Gasteiger partial charge in [-0.2, -0.15) is 5.26 Å². The lowest BCUT2D eigenvalue weighted by Gasteiger charge is -2.37. The number of rotatable bonds is 7. The Bertz CT molecular complexity index is 569. The molecule has 160 valence electrons. The van der Waals surface area contributed by atoms with Crippen LogP contribution in [0.2, 0.25) is 0 Å². The van der Waals surface area contributed by atoms with Crippen molar-refractivity contribution in [3.63, 3.8) is 0 Å². The lowest BCUT2D eigenvalue weighted by Crippen LogP contribution is -2.45. The number of amidine groups is 1. The summed E-state index contributed by atoms with van der Waals surface area (Å²) in [5.41, 5.74) is 0. The van der Waals surface area contributed by atoms with Crippen LogP contribution < -0.4 is 0 Å². The highest BCUT2D eigenvalue weighted by Crippen LogP contribution is 2.22. The van der Waals surface area contributed by atoms with Crippen LogP contribution in [-0.2, 0) is 0 Å². The van der Waals surface area contributed by atoms with E-state index in [1.807, 2.05) is 0 Å². The van der Waals surface area contributed by atoms with Crippen molar-refractivity contribution in [3.8, 4) is 6.07 Å². The van der Waals surface area contributed by atoms with Crippen molar-refractivity contribution in [2.45, 2.75) is 63.8 Å². The average Bonchev–Trinajstić information content (AvgIpc) is 2.78. The molecule has 0 aliphatic carbocycles. The van der Waals surface area contributed by atoms with Gasteiger partial charge < -0.3 is 14.7 Å². The van der Waals surface area contributed by atoms with Gasteiger partial charge in [0, 0.05) is 26.2 Å². The van der Waals surface area contributed by atoms with Crippen molar-refractivity contribution in [3.05, 3.63) is 11.4 Å². The van der Waals surface area contributed by atoms with Crippen LogP contribution in [0.25, 0.3) is 4.85 Å². The van der Waals surface area contributed by atoms with Gasteiger partial charge in [-0.05, 0) is 83.6 Å². The number of piperidine rings is 3. The van der Waals surface area contributed by atoms with Crippen LogP contribution in [0, 0.1) is 23.8 Å². The molecule has 29 heavy (non-hydrogen) atoms. The quantitative estimate of drug-likeness (QED) is 0.286. The van der Waals surface area contributed by atoms with Gasteiger partial charge >= 0.3 is 6.04 Å². The predicted octanol–water partition coefficient (Wildman–Crippen LogP) is 3.27. The minimum atomic E-state index is -0.747. The van der Waals surface area contributed by atoms with Gasteiger partial charge in [0.1, 0.15) is 0 Å². The minimum absolute atomic E-state index is 0.729. The van der Waals surface area contributed by atoms with Gasteiger partial charge in [-0.15, -0.1) is 0 Å². The molecule has 3 aliphatic heterocycles. The van der Waals surface area contributed by atoms with Crippen molar-refractivity contribution >= 4 is 5.84 Å². The summed E-state index contributed by atoms with van der Waals surface area (Å²) in [6.07, 6.45) is 11.4. The SMILES string of the molecule is [C-]#[N+]C(C#N)C(=NCCCN1CCCCC1)N1CCC(CN2CCCCC2)CC1. The Morgan fingerprint density at radius 3 is 2.17 bits per heavy atom. The fourth-order valence-corrected chi connectivity index (χ4v) is 5.03. The van der Waals surface area contributed by atoms with E-state index < -0.39 is 6.04 Å². The molecule has 1 unspecified atom stereocenters. The highest BCUT2D eigenvalue weighted by molar-refractivity contribution is 5.91. The first kappa shape index (κ1) is 22.1. The summed E-state index contributed by atoms with van der Waals surface area (Å²) in [7, 11) is 0. The summed E-state index contributed by atoms with van der Waals surface area (Å²) in [6.45, 7) is 17.3. The molecule has 0 amide bonds. The monoisotopic (exact) mass is 398 g/mol. The summed E-state index contributed by atoms with van der Waals surface area (Å²) >= 11 is 0. The molecule has 3 rings (SSSR count). The Hall–Kier alpha value is -1.63. The van der Waals surface area contributed by atoms with Crippen LogP contribution in [0.15, 0.2) is 4.99 Å². The zero-order chi connectivity index (χ0) is 20.3. The van der Waals surface area contributed by atoms with E-state index in [-0.39, 0.29) is 0 Å². The normalized spacial score (nSPS) is 24.1. The summed E-state index contributed by atoms with van der Waals surface area (Å²) in [6, 6.07) is 1.42. The molecule has 0 aromatic carbocycles. The maximum absolute atomic E-state index is 9.47.